The number of hydrogen-bond donors (Lipinski definition) is 9. The fourth-order valence-corrected chi connectivity index (χ4v) is 10.9. The van der Waals surface area contributed by atoms with Gasteiger partial charge in [-0.05, 0) is 98.8 Å². The van der Waals surface area contributed by atoms with Crippen molar-refractivity contribution in [1.29, 1.82) is 5.26 Å². The maximum absolute atomic E-state index is 12.8. The molecule has 6 aromatic carbocycles. The van der Waals surface area contributed by atoms with E-state index in [1.54, 1.807) is 24.3 Å². The number of nitrogens with one attached hydrogen (secondary N) is 5. The predicted octanol–water partition coefficient (Wildman–Crippen LogP) is 10.9. The smallest absolute Gasteiger partial charge is 0.295 e. The second-order valence-electron chi connectivity index (χ2n) is 17.3. The summed E-state index contributed by atoms with van der Waals surface area (Å²) in [5, 5.41) is 53.3. The molecule has 3 aromatic heterocycles. The Hall–Kier alpha value is -9.90. The molecule has 0 bridgehead atoms. The van der Waals surface area contributed by atoms with Crippen LogP contribution in [0, 0.1) is 28.4 Å². The van der Waals surface area contributed by atoms with Crippen LogP contribution < -0.4 is 26.6 Å². The van der Waals surface area contributed by atoms with E-state index in [0.717, 1.165) is 47.7 Å². The standard InChI is InChI=1S/C49H38N16O14S5/c1-3-51-46-58-47(54-28-7-5-4-6-8-28)60-48(59-46)55-31-11-9-27(10-12-31)42-45(63-61-32-21-36-37(39(22-32)83(74,75)76)23-33(65(66)67)24-40(36)84(77,78)79)80-49(56-42)64-62-41-26(2)38(25-50)43(52-29-13-17-34(18-14-29)81(68,69)70)57-44(41)53-30-15-19-35(20-16-30)82(71,72)73/h4-24H,3H2,1-2H3,(H2,52,53,57)(H,68,69,70)(H,71,72,73)(H,74,75,76)(H,77,78,79)(H3,51,54,55,58,59,60). The van der Waals surface area contributed by atoms with Gasteiger partial charge in [0.2, 0.25) is 23.0 Å². The molecule has 9 N–H and O–H groups in total. The molecule has 35 heteroatoms. The summed E-state index contributed by atoms with van der Waals surface area (Å²) in [7, 11) is -19.8. The number of benzene rings is 6. The summed E-state index contributed by atoms with van der Waals surface area (Å²) in [4.78, 5) is 30.4. The third-order valence-corrected chi connectivity index (χ3v) is 15.9. The van der Waals surface area contributed by atoms with Crippen molar-refractivity contribution < 1.29 is 56.8 Å². The van der Waals surface area contributed by atoms with Gasteiger partial charge in [-0.1, -0.05) is 41.7 Å². The highest BCUT2D eigenvalue weighted by molar-refractivity contribution is 7.87. The van der Waals surface area contributed by atoms with E-state index in [4.69, 9.17) is 0 Å². The molecule has 0 radical (unpaired) electrons. The fraction of sp³-hybridized carbons (Fsp3) is 0.0612. The Balaban J connectivity index is 1.15. The number of nitro groups is 1. The van der Waals surface area contributed by atoms with E-state index < -0.39 is 87.1 Å². The zero-order valence-electron chi connectivity index (χ0n) is 42.7. The van der Waals surface area contributed by atoms with Gasteiger partial charge in [-0.25, -0.2) is 9.97 Å². The van der Waals surface area contributed by atoms with E-state index in [-0.39, 0.29) is 73.5 Å². The number of pyridine rings is 1. The average Bonchev–Trinajstić information content (AvgIpc) is 1.75. The molecule has 9 rings (SSSR count). The fourth-order valence-electron chi connectivity index (χ4n) is 7.79. The van der Waals surface area contributed by atoms with E-state index >= 15 is 0 Å². The summed E-state index contributed by atoms with van der Waals surface area (Å²) >= 11 is 0.745. The molecular weight excluding hydrogens is 1200 g/mol. The number of anilines is 9. The van der Waals surface area contributed by atoms with Crippen LogP contribution in [0.3, 0.4) is 0 Å². The minimum absolute atomic E-state index is 0.0580. The van der Waals surface area contributed by atoms with Crippen LogP contribution >= 0.6 is 11.3 Å². The highest BCUT2D eigenvalue weighted by Crippen LogP contribution is 2.44. The molecule has 0 saturated carbocycles. The summed E-state index contributed by atoms with van der Waals surface area (Å²) in [6, 6.07) is 30.1. The van der Waals surface area contributed by atoms with Crippen LogP contribution in [0.2, 0.25) is 0 Å². The Kier molecular flexibility index (Phi) is 16.5. The number of thiazole rings is 1. The van der Waals surface area contributed by atoms with Gasteiger partial charge in [-0.2, -0.15) is 53.9 Å². The van der Waals surface area contributed by atoms with Crippen LogP contribution in [0.1, 0.15) is 18.1 Å². The first kappa shape index (κ1) is 58.7. The molecule has 428 valence electrons. The van der Waals surface area contributed by atoms with Gasteiger partial charge < -0.3 is 26.6 Å². The second-order valence-corrected chi connectivity index (χ2v) is 23.9. The van der Waals surface area contributed by atoms with Crippen molar-refractivity contribution in [3.8, 4) is 17.3 Å². The molecule has 0 atom stereocenters. The summed E-state index contributed by atoms with van der Waals surface area (Å²) in [5.74, 6) is 0.443. The Bertz CT molecular complexity index is 4670. The van der Waals surface area contributed by atoms with Gasteiger partial charge in [-0.15, -0.1) is 20.5 Å². The van der Waals surface area contributed by atoms with Crippen molar-refractivity contribution in [2.45, 2.75) is 33.4 Å². The van der Waals surface area contributed by atoms with E-state index in [1.807, 2.05) is 43.3 Å². The van der Waals surface area contributed by atoms with Gasteiger partial charge in [0.25, 0.3) is 46.2 Å². The molecule has 0 fully saturated rings. The van der Waals surface area contributed by atoms with Crippen LogP contribution in [0.5, 0.6) is 0 Å². The van der Waals surface area contributed by atoms with Crippen molar-refractivity contribution in [3.05, 3.63) is 149 Å². The van der Waals surface area contributed by atoms with E-state index in [0.29, 0.717) is 35.6 Å². The average molecular weight is 1240 g/mol. The molecular formula is C49H38N16O14S5. The minimum atomic E-state index is -5.30. The number of rotatable bonds is 20. The maximum atomic E-state index is 12.8. The lowest BCUT2D eigenvalue weighted by Gasteiger charge is -2.16. The third kappa shape index (κ3) is 13.7. The quantitative estimate of drug-likeness (QED) is 0.0148. The monoisotopic (exact) mass is 1230 g/mol. The Morgan fingerprint density at radius 2 is 1.10 bits per heavy atom. The van der Waals surface area contributed by atoms with E-state index in [1.165, 1.54) is 31.2 Å². The number of nitriles is 1. The summed E-state index contributed by atoms with van der Waals surface area (Å²) < 4.78 is 137. The zero-order chi connectivity index (χ0) is 60.3. The van der Waals surface area contributed by atoms with E-state index in [2.05, 4.69) is 72.0 Å². The first-order valence-corrected chi connectivity index (χ1v) is 30.2. The van der Waals surface area contributed by atoms with Crippen LogP contribution in [0.25, 0.3) is 22.0 Å². The topological polar surface area (TPSA) is 458 Å². The predicted molar refractivity (Wildman–Crippen MR) is 306 cm³/mol. The number of azo groups is 2. The summed E-state index contributed by atoms with van der Waals surface area (Å²) in [6.07, 6.45) is 0. The third-order valence-electron chi connectivity index (χ3n) is 11.6. The molecule has 0 aliphatic rings. The van der Waals surface area contributed by atoms with Crippen LogP contribution in [0.15, 0.2) is 167 Å². The normalized spacial score (nSPS) is 12.1. The first-order chi connectivity index (χ1) is 39.7. The molecule has 0 saturated heterocycles. The lowest BCUT2D eigenvalue weighted by Crippen LogP contribution is -2.09. The van der Waals surface area contributed by atoms with Crippen molar-refractivity contribution in [2.24, 2.45) is 20.5 Å². The molecule has 0 aliphatic carbocycles. The maximum Gasteiger partial charge on any atom is 0.295 e. The van der Waals surface area contributed by atoms with Gasteiger partial charge in [0.05, 0.1) is 26.0 Å². The van der Waals surface area contributed by atoms with Crippen molar-refractivity contribution in [3.63, 3.8) is 0 Å². The molecule has 0 unspecified atom stereocenters. The first-order valence-electron chi connectivity index (χ1n) is 23.6. The number of nitro benzene ring substituents is 1. The van der Waals surface area contributed by atoms with Crippen LogP contribution in [0.4, 0.5) is 79.4 Å². The number of nitrogens with zero attached hydrogens (tertiary/aromatic N) is 11. The van der Waals surface area contributed by atoms with Gasteiger partial charge in [-0.3, -0.25) is 28.3 Å². The van der Waals surface area contributed by atoms with Crippen molar-refractivity contribution in [1.82, 2.24) is 24.9 Å². The number of hydrogen-bond acceptors (Lipinski definition) is 26. The van der Waals surface area contributed by atoms with Crippen molar-refractivity contribution in [2.75, 3.05) is 33.1 Å². The Labute approximate surface area is 479 Å². The number of non-ortho nitro benzene ring substituents is 1. The van der Waals surface area contributed by atoms with Crippen LogP contribution in [-0.2, 0) is 40.5 Å². The van der Waals surface area contributed by atoms with Crippen LogP contribution in [-0.4, -0.2) is 88.3 Å². The SMILES string of the molecule is CCNc1nc(Nc2ccccc2)nc(Nc2ccc(-c3nc(N=Nc4c(Nc5ccc(S(=O)(=O)O)cc5)nc(Nc5ccc(S(=O)(=O)O)cc5)c(C#N)c4C)sc3N=Nc3cc(S(=O)(=O)O)c4cc([N+](=O)[O-])cc(S(=O)(=O)O)c4c3)cc2)n1. The highest BCUT2D eigenvalue weighted by Gasteiger charge is 2.27. The summed E-state index contributed by atoms with van der Waals surface area (Å²) in [5.41, 5.74) is 0.586. The molecule has 3 heterocycles. The van der Waals surface area contributed by atoms with Gasteiger partial charge in [0, 0.05) is 63.3 Å². The molecule has 84 heavy (non-hydrogen) atoms. The Morgan fingerprint density at radius 3 is 1.63 bits per heavy atom. The molecule has 9 aromatic rings. The molecule has 0 aliphatic heterocycles. The Morgan fingerprint density at radius 1 is 0.583 bits per heavy atom. The number of fused-ring (bicyclic) bond motifs is 1. The number of para-hydroxylation sites is 1. The molecule has 0 amide bonds. The van der Waals surface area contributed by atoms with Gasteiger partial charge >= 0.3 is 0 Å². The van der Waals surface area contributed by atoms with Crippen molar-refractivity contribution >= 4 is 142 Å². The van der Waals surface area contributed by atoms with Gasteiger partial charge in [0.1, 0.15) is 27.2 Å². The lowest BCUT2D eigenvalue weighted by molar-refractivity contribution is -0.384. The van der Waals surface area contributed by atoms with E-state index in [9.17, 15) is 67.3 Å². The lowest BCUT2D eigenvalue weighted by atomic mass is 10.1. The molecule has 30 nitrogen and oxygen atoms in total. The summed E-state index contributed by atoms with van der Waals surface area (Å²) in [6.45, 7) is 3.85. The highest BCUT2D eigenvalue weighted by atomic mass is 32.2. The van der Waals surface area contributed by atoms with Gasteiger partial charge in [0.15, 0.2) is 16.6 Å². The molecule has 0 spiro atoms. The largest absolute Gasteiger partial charge is 0.354 e. The zero-order valence-corrected chi connectivity index (χ0v) is 46.7. The minimum Gasteiger partial charge on any atom is -0.354 e. The number of aromatic nitrogens is 5. The second kappa shape index (κ2) is 23.5.